The molecule has 0 spiro atoms. The Morgan fingerprint density at radius 3 is 2.65 bits per heavy atom. The number of hydrogen-bond acceptors (Lipinski definition) is 1. The van der Waals surface area contributed by atoms with Crippen molar-refractivity contribution in [2.45, 2.75) is 37.9 Å². The van der Waals surface area contributed by atoms with Gasteiger partial charge in [-0.3, -0.25) is 4.79 Å². The molecule has 2 rings (SSSR count). The highest BCUT2D eigenvalue weighted by Crippen LogP contribution is 2.30. The first kappa shape index (κ1) is 12.6. The van der Waals surface area contributed by atoms with Gasteiger partial charge in [0, 0.05) is 23.5 Å². The number of nitrogens with zero attached hydrogens (tertiary/aromatic N) is 1. The fourth-order valence-corrected chi connectivity index (χ4v) is 2.74. The summed E-state index contributed by atoms with van der Waals surface area (Å²) in [6.45, 7) is 7.19. The van der Waals surface area contributed by atoms with E-state index in [1.165, 1.54) is 11.1 Å². The van der Waals surface area contributed by atoms with Crippen LogP contribution in [0.1, 0.15) is 37.3 Å². The Hall–Kier alpha value is -0.830. The average molecular weight is 296 g/mol. The van der Waals surface area contributed by atoms with Gasteiger partial charge in [-0.25, -0.2) is 0 Å². The summed E-state index contributed by atoms with van der Waals surface area (Å²) in [5, 5.41) is 0. The number of alkyl halides is 1. The van der Waals surface area contributed by atoms with Crippen LogP contribution in [0.15, 0.2) is 18.2 Å². The molecule has 0 aliphatic carbocycles. The van der Waals surface area contributed by atoms with Crippen molar-refractivity contribution in [3.63, 3.8) is 0 Å². The first-order chi connectivity index (χ1) is 7.99. The number of benzene rings is 1. The van der Waals surface area contributed by atoms with Gasteiger partial charge in [-0.05, 0) is 30.0 Å². The van der Waals surface area contributed by atoms with Crippen LogP contribution >= 0.6 is 15.9 Å². The summed E-state index contributed by atoms with van der Waals surface area (Å²) < 4.78 is 0. The van der Waals surface area contributed by atoms with Crippen LogP contribution in [0.5, 0.6) is 0 Å². The molecule has 2 nitrogen and oxygen atoms in total. The molecule has 3 heteroatoms. The number of aryl methyl sites for hydroxylation is 1. The fourth-order valence-electron chi connectivity index (χ4n) is 2.17. The lowest BCUT2D eigenvalue weighted by molar-refractivity contribution is -0.117. The monoisotopic (exact) mass is 295 g/mol. The van der Waals surface area contributed by atoms with Crippen molar-refractivity contribution in [3.8, 4) is 0 Å². The molecule has 1 aromatic rings. The number of carbonyl (C=O) groups is 1. The van der Waals surface area contributed by atoms with Crippen LogP contribution in [-0.2, 0) is 4.79 Å². The second kappa shape index (κ2) is 4.81. The number of amides is 1. The standard InChI is InChI=1S/C14H18BrNO/c1-9(2)11-5-4-10(3)13(6-11)16-8-12(15)7-14(16)17/h4-6,9,12H,7-8H2,1-3H3. The molecule has 1 unspecified atom stereocenters. The fraction of sp³-hybridized carbons (Fsp3) is 0.500. The topological polar surface area (TPSA) is 20.3 Å². The molecule has 17 heavy (non-hydrogen) atoms. The van der Waals surface area contributed by atoms with E-state index in [4.69, 9.17) is 0 Å². The molecular formula is C14H18BrNO. The first-order valence-corrected chi connectivity index (χ1v) is 6.95. The van der Waals surface area contributed by atoms with E-state index in [-0.39, 0.29) is 10.7 Å². The minimum absolute atomic E-state index is 0.218. The summed E-state index contributed by atoms with van der Waals surface area (Å²) in [6, 6.07) is 6.41. The zero-order valence-electron chi connectivity index (χ0n) is 10.5. The van der Waals surface area contributed by atoms with Crippen LogP contribution in [0.25, 0.3) is 0 Å². The maximum atomic E-state index is 11.9. The Bertz CT molecular complexity index is 442. The van der Waals surface area contributed by atoms with Crippen LogP contribution in [0.4, 0.5) is 5.69 Å². The van der Waals surface area contributed by atoms with Crippen molar-refractivity contribution in [2.24, 2.45) is 0 Å². The minimum atomic E-state index is 0.218. The predicted molar refractivity (Wildman–Crippen MR) is 75.0 cm³/mol. The molecule has 0 saturated carbocycles. The summed E-state index contributed by atoms with van der Waals surface area (Å²) in [6.07, 6.45) is 0.603. The van der Waals surface area contributed by atoms with E-state index in [0.717, 1.165) is 12.2 Å². The molecule has 0 radical (unpaired) electrons. The van der Waals surface area contributed by atoms with E-state index >= 15 is 0 Å². The third kappa shape index (κ3) is 2.54. The van der Waals surface area contributed by atoms with Gasteiger partial charge in [-0.1, -0.05) is 41.9 Å². The molecular weight excluding hydrogens is 278 g/mol. The normalized spacial score (nSPS) is 20.4. The Morgan fingerprint density at radius 1 is 1.41 bits per heavy atom. The van der Waals surface area contributed by atoms with Gasteiger partial charge in [-0.15, -0.1) is 0 Å². The molecule has 1 aliphatic heterocycles. The van der Waals surface area contributed by atoms with E-state index < -0.39 is 0 Å². The van der Waals surface area contributed by atoms with Crippen LogP contribution < -0.4 is 4.90 Å². The highest BCUT2D eigenvalue weighted by Gasteiger charge is 2.29. The van der Waals surface area contributed by atoms with E-state index in [1.54, 1.807) is 0 Å². The van der Waals surface area contributed by atoms with Gasteiger partial charge in [0.05, 0.1) is 0 Å². The average Bonchev–Trinajstić information content (AvgIpc) is 2.58. The smallest absolute Gasteiger partial charge is 0.228 e. The van der Waals surface area contributed by atoms with Gasteiger partial charge >= 0.3 is 0 Å². The lowest BCUT2D eigenvalue weighted by Crippen LogP contribution is -2.25. The molecule has 1 atom stereocenters. The summed E-state index contributed by atoms with van der Waals surface area (Å²) in [5.74, 6) is 0.711. The maximum absolute atomic E-state index is 11.9. The van der Waals surface area contributed by atoms with Crippen LogP contribution in [-0.4, -0.2) is 17.3 Å². The molecule has 1 heterocycles. The van der Waals surface area contributed by atoms with Gasteiger partial charge in [0.1, 0.15) is 0 Å². The lowest BCUT2D eigenvalue weighted by Gasteiger charge is -2.20. The lowest BCUT2D eigenvalue weighted by atomic mass is 10.0. The second-order valence-corrected chi connectivity index (χ2v) is 6.30. The van der Waals surface area contributed by atoms with E-state index in [2.05, 4.69) is 54.9 Å². The van der Waals surface area contributed by atoms with Crippen molar-refractivity contribution in [1.82, 2.24) is 0 Å². The molecule has 0 aromatic heterocycles. The highest BCUT2D eigenvalue weighted by atomic mass is 79.9. The SMILES string of the molecule is Cc1ccc(C(C)C)cc1N1CC(Br)CC1=O. The third-order valence-electron chi connectivity index (χ3n) is 3.27. The summed E-state index contributed by atoms with van der Waals surface area (Å²) in [4.78, 5) is 14.1. The Kier molecular flexibility index (Phi) is 3.57. The molecule has 0 bridgehead atoms. The van der Waals surface area contributed by atoms with Gasteiger partial charge in [0.2, 0.25) is 5.91 Å². The van der Waals surface area contributed by atoms with Crippen molar-refractivity contribution in [2.75, 3.05) is 11.4 Å². The summed E-state index contributed by atoms with van der Waals surface area (Å²) >= 11 is 3.53. The van der Waals surface area contributed by atoms with Crippen molar-refractivity contribution in [1.29, 1.82) is 0 Å². The number of hydrogen-bond donors (Lipinski definition) is 0. The van der Waals surface area contributed by atoms with Crippen LogP contribution in [0.2, 0.25) is 0 Å². The summed E-state index contributed by atoms with van der Waals surface area (Å²) in [5.41, 5.74) is 3.53. The molecule has 1 fully saturated rings. The van der Waals surface area contributed by atoms with Crippen molar-refractivity contribution >= 4 is 27.5 Å². The Morgan fingerprint density at radius 2 is 2.12 bits per heavy atom. The largest absolute Gasteiger partial charge is 0.311 e. The maximum Gasteiger partial charge on any atom is 0.228 e. The van der Waals surface area contributed by atoms with E-state index in [9.17, 15) is 4.79 Å². The van der Waals surface area contributed by atoms with Gasteiger partial charge < -0.3 is 4.90 Å². The van der Waals surface area contributed by atoms with Crippen molar-refractivity contribution < 1.29 is 4.79 Å². The zero-order chi connectivity index (χ0) is 12.6. The van der Waals surface area contributed by atoms with Gasteiger partial charge in [0.15, 0.2) is 0 Å². The quantitative estimate of drug-likeness (QED) is 0.763. The van der Waals surface area contributed by atoms with Crippen molar-refractivity contribution in [3.05, 3.63) is 29.3 Å². The zero-order valence-corrected chi connectivity index (χ0v) is 12.1. The Balaban J connectivity index is 2.37. The first-order valence-electron chi connectivity index (χ1n) is 6.04. The van der Waals surface area contributed by atoms with E-state index in [1.807, 2.05) is 4.90 Å². The number of carbonyl (C=O) groups excluding carboxylic acids is 1. The number of halogens is 1. The number of anilines is 1. The molecule has 0 N–H and O–H groups in total. The Labute approximate surface area is 111 Å². The highest BCUT2D eigenvalue weighted by molar-refractivity contribution is 9.09. The molecule has 1 saturated heterocycles. The second-order valence-electron chi connectivity index (χ2n) is 5.01. The molecule has 1 aromatic carbocycles. The van der Waals surface area contributed by atoms with Crippen LogP contribution in [0.3, 0.4) is 0 Å². The van der Waals surface area contributed by atoms with Gasteiger partial charge in [0.25, 0.3) is 0 Å². The predicted octanol–water partition coefficient (Wildman–Crippen LogP) is 3.62. The molecule has 92 valence electrons. The third-order valence-corrected chi connectivity index (χ3v) is 3.88. The van der Waals surface area contributed by atoms with E-state index in [0.29, 0.717) is 12.3 Å². The minimum Gasteiger partial charge on any atom is -0.311 e. The molecule has 1 aliphatic rings. The van der Waals surface area contributed by atoms with Gasteiger partial charge in [-0.2, -0.15) is 0 Å². The van der Waals surface area contributed by atoms with Crippen LogP contribution in [0, 0.1) is 6.92 Å². The molecule has 1 amide bonds. The summed E-state index contributed by atoms with van der Waals surface area (Å²) in [7, 11) is 0. The number of rotatable bonds is 2.